The molecule has 2 rings (SSSR count). The van der Waals surface area contributed by atoms with Gasteiger partial charge in [-0.2, -0.15) is 5.10 Å². The Labute approximate surface area is 127 Å². The summed E-state index contributed by atoms with van der Waals surface area (Å²) in [6, 6.07) is 8.34. The van der Waals surface area contributed by atoms with Crippen molar-refractivity contribution in [3.05, 3.63) is 66.5 Å². The SMILES string of the molecule is C/C=C/C=CC(=O)Nc1ccc(-n2ccc(C(=O)O)n2)cc1. The number of carboxylic acids is 1. The van der Waals surface area contributed by atoms with Gasteiger partial charge < -0.3 is 10.4 Å². The third kappa shape index (κ3) is 3.92. The maximum atomic E-state index is 11.6. The summed E-state index contributed by atoms with van der Waals surface area (Å²) in [6.45, 7) is 1.87. The highest BCUT2D eigenvalue weighted by Crippen LogP contribution is 2.13. The number of rotatable bonds is 5. The van der Waals surface area contributed by atoms with Crippen molar-refractivity contribution < 1.29 is 14.7 Å². The van der Waals surface area contributed by atoms with Crippen LogP contribution in [-0.4, -0.2) is 26.8 Å². The van der Waals surface area contributed by atoms with Gasteiger partial charge in [-0.25, -0.2) is 9.48 Å². The Balaban J connectivity index is 2.06. The van der Waals surface area contributed by atoms with Crippen LogP contribution in [0.2, 0.25) is 0 Å². The van der Waals surface area contributed by atoms with E-state index in [1.165, 1.54) is 16.8 Å². The quantitative estimate of drug-likeness (QED) is 0.656. The average Bonchev–Trinajstić information content (AvgIpc) is 2.98. The van der Waals surface area contributed by atoms with Gasteiger partial charge in [-0.15, -0.1) is 0 Å². The van der Waals surface area contributed by atoms with E-state index >= 15 is 0 Å². The highest BCUT2D eigenvalue weighted by molar-refractivity contribution is 5.99. The molecule has 0 atom stereocenters. The first-order valence-electron chi connectivity index (χ1n) is 6.60. The second kappa shape index (κ2) is 7.03. The topological polar surface area (TPSA) is 84.2 Å². The Kier molecular flexibility index (Phi) is 4.87. The Bertz CT molecular complexity index is 727. The number of benzene rings is 1. The third-order valence-corrected chi connectivity index (χ3v) is 2.76. The van der Waals surface area contributed by atoms with Crippen LogP contribution in [-0.2, 0) is 4.79 Å². The number of amides is 1. The summed E-state index contributed by atoms with van der Waals surface area (Å²) in [6.07, 6.45) is 8.24. The molecule has 0 fully saturated rings. The van der Waals surface area contributed by atoms with Crippen LogP contribution in [0.5, 0.6) is 0 Å². The Morgan fingerprint density at radius 2 is 1.91 bits per heavy atom. The van der Waals surface area contributed by atoms with Crippen molar-refractivity contribution in [2.24, 2.45) is 0 Å². The van der Waals surface area contributed by atoms with Crippen molar-refractivity contribution >= 4 is 17.6 Å². The molecule has 0 radical (unpaired) electrons. The molecule has 1 aromatic heterocycles. The summed E-state index contributed by atoms with van der Waals surface area (Å²) in [4.78, 5) is 22.4. The standard InChI is InChI=1S/C16H15N3O3/c1-2-3-4-5-15(20)17-12-6-8-13(9-7-12)19-11-10-14(18-19)16(21)22/h2-11H,1H3,(H,17,20)(H,21,22)/b3-2+,5-4?. The van der Waals surface area contributed by atoms with E-state index in [9.17, 15) is 9.59 Å². The zero-order chi connectivity index (χ0) is 15.9. The predicted molar refractivity (Wildman–Crippen MR) is 83.1 cm³/mol. The molecule has 0 spiro atoms. The molecule has 2 N–H and O–H groups in total. The maximum absolute atomic E-state index is 11.6. The minimum Gasteiger partial charge on any atom is -0.476 e. The van der Waals surface area contributed by atoms with Gasteiger partial charge in [-0.05, 0) is 37.3 Å². The monoisotopic (exact) mass is 297 g/mol. The van der Waals surface area contributed by atoms with E-state index in [0.29, 0.717) is 11.4 Å². The van der Waals surface area contributed by atoms with Crippen molar-refractivity contribution in [3.63, 3.8) is 0 Å². The molecule has 22 heavy (non-hydrogen) atoms. The number of carboxylic acid groups (broad SMARTS) is 1. The predicted octanol–water partition coefficient (Wildman–Crippen LogP) is 2.64. The number of allylic oxidation sites excluding steroid dienone is 3. The van der Waals surface area contributed by atoms with E-state index in [-0.39, 0.29) is 11.6 Å². The number of nitrogens with zero attached hydrogens (tertiary/aromatic N) is 2. The van der Waals surface area contributed by atoms with Gasteiger partial charge in [0.15, 0.2) is 5.69 Å². The highest BCUT2D eigenvalue weighted by Gasteiger charge is 2.07. The van der Waals surface area contributed by atoms with Crippen LogP contribution in [0.3, 0.4) is 0 Å². The van der Waals surface area contributed by atoms with Gasteiger partial charge in [0.2, 0.25) is 5.91 Å². The number of hydrogen-bond donors (Lipinski definition) is 2. The Morgan fingerprint density at radius 3 is 2.50 bits per heavy atom. The van der Waals surface area contributed by atoms with Crippen molar-refractivity contribution in [3.8, 4) is 5.69 Å². The van der Waals surface area contributed by atoms with Gasteiger partial charge in [-0.1, -0.05) is 18.2 Å². The lowest BCUT2D eigenvalue weighted by Crippen LogP contribution is -2.07. The summed E-state index contributed by atoms with van der Waals surface area (Å²) in [5, 5.41) is 15.5. The molecule has 1 amide bonds. The molecule has 1 aromatic carbocycles. The van der Waals surface area contributed by atoms with Crippen molar-refractivity contribution in [1.82, 2.24) is 9.78 Å². The van der Waals surface area contributed by atoms with Crippen LogP contribution in [0.25, 0.3) is 5.69 Å². The van der Waals surface area contributed by atoms with Gasteiger partial charge in [0.25, 0.3) is 0 Å². The molecule has 1 heterocycles. The van der Waals surface area contributed by atoms with E-state index in [2.05, 4.69) is 10.4 Å². The molecule has 112 valence electrons. The maximum Gasteiger partial charge on any atom is 0.356 e. The molecule has 6 heteroatoms. The molecule has 0 aliphatic carbocycles. The number of anilines is 1. The number of aromatic carboxylic acids is 1. The summed E-state index contributed by atoms with van der Waals surface area (Å²) in [5.41, 5.74) is 1.32. The summed E-state index contributed by atoms with van der Waals surface area (Å²) < 4.78 is 1.46. The van der Waals surface area contributed by atoms with Crippen molar-refractivity contribution in [1.29, 1.82) is 0 Å². The van der Waals surface area contributed by atoms with Gasteiger partial charge in [0.05, 0.1) is 5.69 Å². The molecule has 0 aliphatic heterocycles. The molecule has 0 saturated heterocycles. The molecule has 0 aliphatic rings. The lowest BCUT2D eigenvalue weighted by Gasteiger charge is -2.04. The van der Waals surface area contributed by atoms with Crippen LogP contribution >= 0.6 is 0 Å². The van der Waals surface area contributed by atoms with Crippen LogP contribution < -0.4 is 5.32 Å². The average molecular weight is 297 g/mol. The first-order valence-corrected chi connectivity index (χ1v) is 6.60. The summed E-state index contributed by atoms with van der Waals surface area (Å²) >= 11 is 0. The fraction of sp³-hybridized carbons (Fsp3) is 0.0625. The number of hydrogen-bond acceptors (Lipinski definition) is 3. The van der Waals surface area contributed by atoms with E-state index in [0.717, 1.165) is 0 Å². The molecule has 2 aromatic rings. The first kappa shape index (κ1) is 15.2. The minimum atomic E-state index is -1.07. The van der Waals surface area contributed by atoms with E-state index in [4.69, 9.17) is 5.11 Å². The van der Waals surface area contributed by atoms with Gasteiger partial charge in [0, 0.05) is 18.0 Å². The minimum absolute atomic E-state index is 0.0218. The zero-order valence-corrected chi connectivity index (χ0v) is 11.9. The summed E-state index contributed by atoms with van der Waals surface area (Å²) in [7, 11) is 0. The van der Waals surface area contributed by atoms with E-state index < -0.39 is 5.97 Å². The van der Waals surface area contributed by atoms with E-state index in [1.54, 1.807) is 42.6 Å². The number of carbonyl (C=O) groups is 2. The fourth-order valence-corrected chi connectivity index (χ4v) is 1.72. The van der Waals surface area contributed by atoms with Crippen LogP contribution in [0.15, 0.2) is 60.8 Å². The van der Waals surface area contributed by atoms with Gasteiger partial charge >= 0.3 is 5.97 Å². The Morgan fingerprint density at radius 1 is 1.18 bits per heavy atom. The lowest BCUT2D eigenvalue weighted by molar-refractivity contribution is -0.111. The number of nitrogens with one attached hydrogen (secondary N) is 1. The second-order valence-corrected chi connectivity index (χ2v) is 4.37. The second-order valence-electron chi connectivity index (χ2n) is 4.37. The molecule has 6 nitrogen and oxygen atoms in total. The zero-order valence-electron chi connectivity index (χ0n) is 11.9. The van der Waals surface area contributed by atoms with Crippen molar-refractivity contribution in [2.45, 2.75) is 6.92 Å². The fourth-order valence-electron chi connectivity index (χ4n) is 1.72. The van der Waals surface area contributed by atoms with Gasteiger partial charge in [0.1, 0.15) is 0 Å². The van der Waals surface area contributed by atoms with Crippen LogP contribution in [0, 0.1) is 0 Å². The molecular formula is C16H15N3O3. The normalized spacial score (nSPS) is 11.1. The molecule has 0 unspecified atom stereocenters. The van der Waals surface area contributed by atoms with Crippen LogP contribution in [0.4, 0.5) is 5.69 Å². The van der Waals surface area contributed by atoms with Crippen LogP contribution in [0.1, 0.15) is 17.4 Å². The van der Waals surface area contributed by atoms with Gasteiger partial charge in [-0.3, -0.25) is 4.79 Å². The molecule has 0 saturated carbocycles. The largest absolute Gasteiger partial charge is 0.476 e. The summed E-state index contributed by atoms with van der Waals surface area (Å²) in [5.74, 6) is -1.30. The van der Waals surface area contributed by atoms with Crippen molar-refractivity contribution in [2.75, 3.05) is 5.32 Å². The third-order valence-electron chi connectivity index (χ3n) is 2.76. The Hall–Kier alpha value is -3.15. The smallest absolute Gasteiger partial charge is 0.356 e. The first-order chi connectivity index (χ1) is 10.6. The number of aromatic nitrogens is 2. The number of carbonyl (C=O) groups excluding carboxylic acids is 1. The van der Waals surface area contributed by atoms with E-state index in [1.807, 2.05) is 13.0 Å². The molecule has 0 bridgehead atoms. The highest BCUT2D eigenvalue weighted by atomic mass is 16.4. The molecular weight excluding hydrogens is 282 g/mol. The lowest BCUT2D eigenvalue weighted by atomic mass is 10.2.